The zero-order valence-corrected chi connectivity index (χ0v) is 18.2. The number of sulfonamides is 1. The normalized spacial score (nSPS) is 15.2. The molecule has 0 saturated carbocycles. The molecule has 1 fully saturated rings. The number of ether oxygens (including phenoxy) is 1. The van der Waals surface area contributed by atoms with Crippen molar-refractivity contribution >= 4 is 22.1 Å². The van der Waals surface area contributed by atoms with Gasteiger partial charge in [0.15, 0.2) is 0 Å². The van der Waals surface area contributed by atoms with Crippen LogP contribution in [0.3, 0.4) is 0 Å². The van der Waals surface area contributed by atoms with Gasteiger partial charge < -0.3 is 19.9 Å². The van der Waals surface area contributed by atoms with Crippen LogP contribution in [0.2, 0.25) is 0 Å². The Morgan fingerprint density at radius 3 is 2.14 bits per heavy atom. The lowest BCUT2D eigenvalue weighted by Gasteiger charge is -2.35. The molecular formula is C19H30N4O5S. The fraction of sp³-hybridized carbons (Fsp3) is 0.579. The molecule has 29 heavy (non-hydrogen) atoms. The molecule has 1 heterocycles. The molecule has 0 atom stereocenters. The summed E-state index contributed by atoms with van der Waals surface area (Å²) in [5.41, 5.74) is 0.823. The highest BCUT2D eigenvalue weighted by Crippen LogP contribution is 2.14. The number of carbonyl (C=O) groups excluding carboxylic acids is 2. The molecule has 0 aliphatic carbocycles. The standard InChI is InChI=1S/C19H30N4O5S/c1-19(2,3)28-18(25)23-11-9-22(10-12-23)17(24)21-13-15-7-5-6-8-16(15)14-29(26,27)20-4/h5-8,20H,9-14H2,1-4H3,(H,21,24). The minimum Gasteiger partial charge on any atom is -0.444 e. The van der Waals surface area contributed by atoms with Crippen LogP contribution in [0, 0.1) is 0 Å². The molecule has 1 aromatic carbocycles. The monoisotopic (exact) mass is 426 g/mol. The quantitative estimate of drug-likeness (QED) is 0.742. The maximum atomic E-state index is 12.5. The zero-order valence-electron chi connectivity index (χ0n) is 17.4. The first-order valence-electron chi connectivity index (χ1n) is 9.49. The minimum absolute atomic E-state index is 0.149. The van der Waals surface area contributed by atoms with Gasteiger partial charge in [0.25, 0.3) is 0 Å². The molecule has 0 spiro atoms. The number of piperazine rings is 1. The maximum Gasteiger partial charge on any atom is 0.410 e. The third-order valence-electron chi connectivity index (χ3n) is 4.42. The molecule has 162 valence electrons. The number of amides is 3. The number of rotatable bonds is 5. The van der Waals surface area contributed by atoms with E-state index in [1.54, 1.807) is 34.1 Å². The fourth-order valence-corrected chi connectivity index (χ4v) is 3.68. The van der Waals surface area contributed by atoms with Crippen molar-refractivity contribution in [3.8, 4) is 0 Å². The molecule has 1 saturated heterocycles. The molecule has 1 aliphatic rings. The van der Waals surface area contributed by atoms with E-state index in [9.17, 15) is 18.0 Å². The Bertz CT molecular complexity index is 827. The molecule has 3 amide bonds. The lowest BCUT2D eigenvalue weighted by Crippen LogP contribution is -2.53. The molecule has 1 aromatic rings. The summed E-state index contributed by atoms with van der Waals surface area (Å²) in [6, 6.07) is 6.84. The number of hydrogen-bond acceptors (Lipinski definition) is 5. The van der Waals surface area contributed by atoms with Crippen LogP contribution < -0.4 is 10.0 Å². The van der Waals surface area contributed by atoms with Crippen LogP contribution >= 0.6 is 0 Å². The molecule has 2 N–H and O–H groups in total. The van der Waals surface area contributed by atoms with Gasteiger partial charge in [-0.05, 0) is 38.9 Å². The van der Waals surface area contributed by atoms with E-state index in [1.807, 2.05) is 20.8 Å². The van der Waals surface area contributed by atoms with E-state index in [4.69, 9.17) is 4.74 Å². The molecule has 2 rings (SSSR count). The number of benzene rings is 1. The Morgan fingerprint density at radius 2 is 1.59 bits per heavy atom. The largest absolute Gasteiger partial charge is 0.444 e. The number of nitrogens with zero attached hydrogens (tertiary/aromatic N) is 2. The van der Waals surface area contributed by atoms with Gasteiger partial charge >= 0.3 is 12.1 Å². The molecular weight excluding hydrogens is 396 g/mol. The third kappa shape index (κ3) is 7.21. The maximum absolute atomic E-state index is 12.5. The van der Waals surface area contributed by atoms with E-state index in [-0.39, 0.29) is 24.4 Å². The van der Waals surface area contributed by atoms with Crippen LogP contribution in [0.25, 0.3) is 0 Å². The predicted molar refractivity (Wildman–Crippen MR) is 110 cm³/mol. The lowest BCUT2D eigenvalue weighted by atomic mass is 10.1. The Balaban J connectivity index is 1.88. The van der Waals surface area contributed by atoms with Crippen LogP contribution in [0.15, 0.2) is 24.3 Å². The molecule has 0 aromatic heterocycles. The van der Waals surface area contributed by atoms with E-state index < -0.39 is 15.6 Å². The van der Waals surface area contributed by atoms with E-state index >= 15 is 0 Å². The minimum atomic E-state index is -3.40. The van der Waals surface area contributed by atoms with Crippen molar-refractivity contribution in [2.45, 2.75) is 38.7 Å². The Kier molecular flexibility index (Phi) is 7.48. The van der Waals surface area contributed by atoms with Crippen molar-refractivity contribution in [1.29, 1.82) is 0 Å². The summed E-state index contributed by atoms with van der Waals surface area (Å²) in [6.45, 7) is 7.28. The van der Waals surface area contributed by atoms with Gasteiger partial charge in [0.05, 0.1) is 5.75 Å². The molecule has 0 bridgehead atoms. The first-order valence-corrected chi connectivity index (χ1v) is 11.1. The smallest absolute Gasteiger partial charge is 0.410 e. The van der Waals surface area contributed by atoms with Crippen molar-refractivity contribution < 1.29 is 22.7 Å². The Labute approximate surface area is 172 Å². The van der Waals surface area contributed by atoms with Crippen LogP contribution in [-0.4, -0.2) is 69.2 Å². The van der Waals surface area contributed by atoms with E-state index in [1.165, 1.54) is 7.05 Å². The fourth-order valence-electron chi connectivity index (χ4n) is 2.85. The lowest BCUT2D eigenvalue weighted by molar-refractivity contribution is 0.0170. The summed E-state index contributed by atoms with van der Waals surface area (Å²) < 4.78 is 31.3. The van der Waals surface area contributed by atoms with Crippen molar-refractivity contribution in [3.63, 3.8) is 0 Å². The summed E-state index contributed by atoms with van der Waals surface area (Å²) in [4.78, 5) is 27.8. The van der Waals surface area contributed by atoms with Crippen LogP contribution in [-0.2, 0) is 27.1 Å². The molecule has 0 unspecified atom stereocenters. The van der Waals surface area contributed by atoms with Gasteiger partial charge in [-0.1, -0.05) is 24.3 Å². The van der Waals surface area contributed by atoms with E-state index in [0.29, 0.717) is 31.7 Å². The number of hydrogen-bond donors (Lipinski definition) is 2. The Hall–Kier alpha value is -2.33. The second kappa shape index (κ2) is 9.45. The molecule has 1 aliphatic heterocycles. The summed E-state index contributed by atoms with van der Waals surface area (Å²) in [5.74, 6) is -0.149. The molecule has 10 heteroatoms. The Morgan fingerprint density at radius 1 is 1.03 bits per heavy atom. The summed E-state index contributed by atoms with van der Waals surface area (Å²) >= 11 is 0. The van der Waals surface area contributed by atoms with Crippen LogP contribution in [0.4, 0.5) is 9.59 Å². The second-order valence-corrected chi connectivity index (χ2v) is 9.77. The van der Waals surface area contributed by atoms with Gasteiger partial charge in [0, 0.05) is 32.7 Å². The molecule has 9 nitrogen and oxygen atoms in total. The van der Waals surface area contributed by atoms with Gasteiger partial charge in [-0.15, -0.1) is 0 Å². The van der Waals surface area contributed by atoms with Crippen molar-refractivity contribution in [2.75, 3.05) is 33.2 Å². The summed E-state index contributed by atoms with van der Waals surface area (Å²) in [6.07, 6.45) is -0.378. The number of urea groups is 1. The SMILES string of the molecule is CNS(=O)(=O)Cc1ccccc1CNC(=O)N1CCN(C(=O)OC(C)(C)C)CC1. The van der Waals surface area contributed by atoms with Gasteiger partial charge in [0.2, 0.25) is 10.0 Å². The van der Waals surface area contributed by atoms with Crippen molar-refractivity contribution in [3.05, 3.63) is 35.4 Å². The van der Waals surface area contributed by atoms with Gasteiger partial charge in [0.1, 0.15) is 5.60 Å². The topological polar surface area (TPSA) is 108 Å². The summed E-state index contributed by atoms with van der Waals surface area (Å²) in [7, 11) is -2.03. The van der Waals surface area contributed by atoms with Crippen LogP contribution in [0.5, 0.6) is 0 Å². The first kappa shape index (κ1) is 23.0. The predicted octanol–water partition coefficient (Wildman–Crippen LogP) is 1.50. The summed E-state index contributed by atoms with van der Waals surface area (Å²) in [5, 5.41) is 2.83. The van der Waals surface area contributed by atoms with Gasteiger partial charge in [-0.3, -0.25) is 0 Å². The average Bonchev–Trinajstić information content (AvgIpc) is 2.65. The number of carbonyl (C=O) groups is 2. The van der Waals surface area contributed by atoms with Crippen molar-refractivity contribution in [2.24, 2.45) is 0 Å². The van der Waals surface area contributed by atoms with Gasteiger partial charge in [-0.25, -0.2) is 22.7 Å². The van der Waals surface area contributed by atoms with E-state index in [2.05, 4.69) is 10.0 Å². The highest BCUT2D eigenvalue weighted by molar-refractivity contribution is 7.88. The highest BCUT2D eigenvalue weighted by atomic mass is 32.2. The number of nitrogens with one attached hydrogen (secondary N) is 2. The third-order valence-corrected chi connectivity index (χ3v) is 5.74. The highest BCUT2D eigenvalue weighted by Gasteiger charge is 2.27. The first-order chi connectivity index (χ1) is 13.5. The van der Waals surface area contributed by atoms with Crippen molar-refractivity contribution in [1.82, 2.24) is 19.8 Å². The molecule has 0 radical (unpaired) electrons. The zero-order chi connectivity index (χ0) is 21.7. The van der Waals surface area contributed by atoms with Crippen LogP contribution in [0.1, 0.15) is 31.9 Å². The average molecular weight is 427 g/mol. The van der Waals surface area contributed by atoms with E-state index in [0.717, 1.165) is 5.56 Å². The second-order valence-electron chi connectivity index (χ2n) is 7.85. The van der Waals surface area contributed by atoms with Gasteiger partial charge in [-0.2, -0.15) is 0 Å².